The number of hydrogen-bond acceptors (Lipinski definition) is 12. The largest absolute Gasteiger partial charge is 0.508 e. The molecule has 0 spiro atoms. The number of carbonyl (C=O) groups is 2. The van der Waals surface area contributed by atoms with Crippen LogP contribution < -0.4 is 14.5 Å². The molecule has 0 atom stereocenters. The van der Waals surface area contributed by atoms with Gasteiger partial charge in [0.15, 0.2) is 0 Å². The third-order valence-electron chi connectivity index (χ3n) is 3.99. The fourth-order valence-corrected chi connectivity index (χ4v) is 3.51. The van der Waals surface area contributed by atoms with Crippen LogP contribution in [0.1, 0.15) is 0 Å². The molecule has 2 aromatic carbocycles. The summed E-state index contributed by atoms with van der Waals surface area (Å²) in [7, 11) is 10.5. The standard InChI is InChI=1S/C12H15NO3S2.C8H11NO.C4H5ClO2S2/c1-13(2)9-4-6-10(7-5-9)16-12(17)18-8-11(14)15-3;1-9(2)7-3-5-8(10)6-4-7;1-7-3(6)2-9-4(5)8/h4-7H,8H2,1-3H3;3-6,10H,1-2H3;2H2,1H3. The molecule has 0 aromatic heterocycles. The third-order valence-corrected chi connectivity index (χ3v) is 6.41. The van der Waals surface area contributed by atoms with Crippen molar-refractivity contribution >= 4 is 90.9 Å². The van der Waals surface area contributed by atoms with Crippen LogP contribution in [0.15, 0.2) is 48.5 Å². The molecule has 0 aliphatic carbocycles. The van der Waals surface area contributed by atoms with Gasteiger partial charge in [-0.05, 0) is 60.7 Å². The van der Waals surface area contributed by atoms with E-state index in [-0.39, 0.29) is 27.1 Å². The van der Waals surface area contributed by atoms with E-state index in [1.165, 1.54) is 14.2 Å². The van der Waals surface area contributed by atoms with Crippen LogP contribution in [0.5, 0.6) is 11.5 Å². The fourth-order valence-electron chi connectivity index (χ4n) is 2.04. The minimum absolute atomic E-state index is 0.158. The van der Waals surface area contributed by atoms with Gasteiger partial charge >= 0.3 is 11.9 Å². The summed E-state index contributed by atoms with van der Waals surface area (Å²) in [6, 6.07) is 14.6. The summed E-state index contributed by atoms with van der Waals surface area (Å²) in [5.74, 6) is 0.676. The summed E-state index contributed by atoms with van der Waals surface area (Å²) in [6.45, 7) is 0. The molecule has 1 N–H and O–H groups in total. The number of anilines is 2. The predicted octanol–water partition coefficient (Wildman–Crippen LogP) is 5.20. The van der Waals surface area contributed by atoms with Crippen molar-refractivity contribution in [1.29, 1.82) is 0 Å². The molecule has 0 fully saturated rings. The highest BCUT2D eigenvalue weighted by molar-refractivity contribution is 8.26. The summed E-state index contributed by atoms with van der Waals surface area (Å²) in [5.41, 5.74) is 2.17. The van der Waals surface area contributed by atoms with Crippen LogP contribution >= 0.6 is 59.6 Å². The molecule has 0 amide bonds. The molecule has 0 aliphatic heterocycles. The van der Waals surface area contributed by atoms with Crippen LogP contribution in [0.25, 0.3) is 0 Å². The number of halogens is 1. The Balaban J connectivity index is 0.000000577. The molecular weight excluding hydrogens is 576 g/mol. The van der Waals surface area contributed by atoms with Gasteiger partial charge in [0.2, 0.25) is 4.38 Å². The van der Waals surface area contributed by atoms with Gasteiger partial charge in [-0.1, -0.05) is 47.3 Å². The third kappa shape index (κ3) is 17.8. The van der Waals surface area contributed by atoms with Gasteiger partial charge in [0.25, 0.3) is 0 Å². The molecule has 0 heterocycles. The topological polar surface area (TPSA) is 88.5 Å². The van der Waals surface area contributed by atoms with Crippen molar-refractivity contribution in [3.8, 4) is 11.5 Å². The second-order valence-electron chi connectivity index (χ2n) is 7.12. The van der Waals surface area contributed by atoms with Crippen LogP contribution in [0.2, 0.25) is 0 Å². The molecular formula is C24H31ClN2O6S4. The van der Waals surface area contributed by atoms with Gasteiger partial charge in [-0.2, -0.15) is 0 Å². The number of ether oxygens (including phenoxy) is 3. The first kappa shape index (κ1) is 34.8. The van der Waals surface area contributed by atoms with Crippen molar-refractivity contribution in [1.82, 2.24) is 0 Å². The maximum atomic E-state index is 10.9. The van der Waals surface area contributed by atoms with Gasteiger partial charge in [0, 0.05) is 39.6 Å². The zero-order chi connectivity index (χ0) is 28.4. The Labute approximate surface area is 242 Å². The molecule has 13 heteroatoms. The smallest absolute Gasteiger partial charge is 0.316 e. The number of thiocarbonyl (C=S) groups is 2. The number of rotatable bonds is 7. The quantitative estimate of drug-likeness (QED) is 0.255. The molecule has 0 unspecified atom stereocenters. The van der Waals surface area contributed by atoms with Gasteiger partial charge in [0.05, 0.1) is 25.7 Å². The summed E-state index contributed by atoms with van der Waals surface area (Å²) < 4.78 is 14.8. The van der Waals surface area contributed by atoms with Gasteiger partial charge in [-0.15, -0.1) is 0 Å². The van der Waals surface area contributed by atoms with E-state index in [4.69, 9.17) is 33.7 Å². The molecule has 204 valence electrons. The van der Waals surface area contributed by atoms with Crippen LogP contribution in [0.3, 0.4) is 0 Å². The normalized spacial score (nSPS) is 9.38. The van der Waals surface area contributed by atoms with Gasteiger partial charge < -0.3 is 29.1 Å². The minimum Gasteiger partial charge on any atom is -0.508 e. The Bertz CT molecular complexity index is 990. The predicted molar refractivity (Wildman–Crippen MR) is 164 cm³/mol. The van der Waals surface area contributed by atoms with E-state index in [0.717, 1.165) is 34.9 Å². The number of phenolic OH excluding ortho intramolecular Hbond substituents is 1. The van der Waals surface area contributed by atoms with Crippen LogP contribution in [0.4, 0.5) is 11.4 Å². The summed E-state index contributed by atoms with van der Waals surface area (Å²) in [5, 5.41) is 8.92. The highest BCUT2D eigenvalue weighted by atomic mass is 35.5. The lowest BCUT2D eigenvalue weighted by atomic mass is 10.3. The average molecular weight is 607 g/mol. The monoisotopic (exact) mass is 606 g/mol. The number of carbonyl (C=O) groups excluding carboxylic acids is 2. The van der Waals surface area contributed by atoms with Crippen LogP contribution in [-0.2, 0) is 19.1 Å². The molecule has 0 bridgehead atoms. The molecule has 0 radical (unpaired) electrons. The van der Waals surface area contributed by atoms with Crippen LogP contribution in [0, 0.1) is 0 Å². The number of hydrogen-bond donors (Lipinski definition) is 1. The van der Waals surface area contributed by atoms with Crippen molar-refractivity contribution in [2.24, 2.45) is 0 Å². The van der Waals surface area contributed by atoms with Crippen molar-refractivity contribution in [2.75, 3.05) is 63.7 Å². The Morgan fingerprint density at radius 2 is 1.22 bits per heavy atom. The zero-order valence-electron chi connectivity index (χ0n) is 21.4. The first-order chi connectivity index (χ1) is 17.4. The first-order valence-corrected chi connectivity index (χ1v) is 13.6. The number of esters is 2. The SMILES string of the molecule is CN(C)c1ccc(O)cc1.COC(=O)CSC(=S)Cl.COC(=O)CSC(=S)Oc1ccc(N(C)C)cc1. The maximum absolute atomic E-state index is 10.9. The van der Waals surface area contributed by atoms with Crippen LogP contribution in [-0.4, -0.2) is 79.0 Å². The minimum atomic E-state index is -0.325. The number of nitrogens with zero attached hydrogens (tertiary/aromatic N) is 2. The molecule has 2 rings (SSSR count). The van der Waals surface area contributed by atoms with E-state index in [2.05, 4.69) is 21.7 Å². The average Bonchev–Trinajstić information content (AvgIpc) is 2.87. The Morgan fingerprint density at radius 3 is 1.59 bits per heavy atom. The Morgan fingerprint density at radius 1 is 0.811 bits per heavy atom. The highest BCUT2D eigenvalue weighted by Gasteiger charge is 2.06. The Hall–Kier alpha value is -2.25. The number of aromatic hydroxyl groups is 1. The number of benzene rings is 2. The molecule has 37 heavy (non-hydrogen) atoms. The van der Waals surface area contributed by atoms with Gasteiger partial charge in [-0.25, -0.2) is 0 Å². The lowest BCUT2D eigenvalue weighted by molar-refractivity contribution is -0.138. The zero-order valence-corrected chi connectivity index (χ0v) is 25.4. The molecule has 2 aromatic rings. The Kier molecular flexibility index (Phi) is 18.6. The molecule has 8 nitrogen and oxygen atoms in total. The summed E-state index contributed by atoms with van der Waals surface area (Å²) in [6.07, 6.45) is 0. The first-order valence-electron chi connectivity index (χ1n) is 10.4. The summed E-state index contributed by atoms with van der Waals surface area (Å²) >= 11 is 17.0. The second kappa shape index (κ2) is 19.8. The van der Waals surface area contributed by atoms with E-state index in [1.54, 1.807) is 12.1 Å². The molecule has 0 saturated heterocycles. The summed E-state index contributed by atoms with van der Waals surface area (Å²) in [4.78, 5) is 25.3. The molecule has 0 saturated carbocycles. The van der Waals surface area contributed by atoms with E-state index < -0.39 is 0 Å². The lowest BCUT2D eigenvalue weighted by Crippen LogP contribution is -2.09. The van der Waals surface area contributed by atoms with Crippen molar-refractivity contribution < 1.29 is 28.9 Å². The second-order valence-corrected chi connectivity index (χ2v) is 11.2. The highest BCUT2D eigenvalue weighted by Crippen LogP contribution is 2.20. The lowest BCUT2D eigenvalue weighted by Gasteiger charge is -2.12. The van der Waals surface area contributed by atoms with E-state index in [9.17, 15) is 9.59 Å². The number of thioether (sulfide) groups is 2. The van der Waals surface area contributed by atoms with Gasteiger partial charge in [0.1, 0.15) is 15.2 Å². The van der Waals surface area contributed by atoms with E-state index >= 15 is 0 Å². The number of phenols is 1. The van der Waals surface area contributed by atoms with Gasteiger partial charge in [-0.3, -0.25) is 9.59 Å². The number of methoxy groups -OCH3 is 2. The molecule has 0 aliphatic rings. The maximum Gasteiger partial charge on any atom is 0.316 e. The fraction of sp³-hybridized carbons (Fsp3) is 0.333. The van der Waals surface area contributed by atoms with Crippen molar-refractivity contribution in [3.63, 3.8) is 0 Å². The van der Waals surface area contributed by atoms with E-state index in [1.807, 2.05) is 74.4 Å². The van der Waals surface area contributed by atoms with Crippen molar-refractivity contribution in [3.05, 3.63) is 48.5 Å². The van der Waals surface area contributed by atoms with E-state index in [0.29, 0.717) is 15.9 Å². The van der Waals surface area contributed by atoms with Crippen molar-refractivity contribution in [2.45, 2.75) is 0 Å².